The van der Waals surface area contributed by atoms with Gasteiger partial charge in [-0.1, -0.05) is 12.1 Å². The molecule has 7 rings (SSSR count). The molecule has 4 aromatic rings. The Hall–Kier alpha value is -5.78. The number of fused-ring (bicyclic) bond motifs is 8. The molecule has 2 heterocycles. The van der Waals surface area contributed by atoms with Gasteiger partial charge in [0.05, 0.1) is 21.7 Å². The fourth-order valence-corrected chi connectivity index (χ4v) is 5.89. The number of nitro benzene ring substituents is 2. The Balaban J connectivity index is 1.16. The van der Waals surface area contributed by atoms with Crippen molar-refractivity contribution in [1.82, 2.24) is 0 Å². The summed E-state index contributed by atoms with van der Waals surface area (Å²) in [6, 6.07) is 21.4. The molecule has 12 nitrogen and oxygen atoms in total. The number of ether oxygens (including phenoxy) is 4. The van der Waals surface area contributed by atoms with Crippen molar-refractivity contribution < 1.29 is 38.4 Å². The molecule has 1 saturated carbocycles. The molecule has 0 unspecified atom stereocenters. The van der Waals surface area contributed by atoms with E-state index in [-0.39, 0.29) is 23.2 Å². The number of carbonyl (C=O) groups is 2. The Labute approximate surface area is 236 Å². The molecule has 0 bridgehead atoms. The van der Waals surface area contributed by atoms with Crippen LogP contribution in [0.4, 0.5) is 11.4 Å². The van der Waals surface area contributed by atoms with Gasteiger partial charge in [-0.25, -0.2) is 0 Å². The van der Waals surface area contributed by atoms with Crippen LogP contribution in [0.3, 0.4) is 0 Å². The Morgan fingerprint density at radius 2 is 0.881 bits per heavy atom. The molecule has 0 saturated heterocycles. The topological polar surface area (TPSA) is 157 Å². The van der Waals surface area contributed by atoms with Crippen molar-refractivity contribution in [3.05, 3.63) is 116 Å². The smallest absolute Gasteiger partial charge is 0.315 e. The van der Waals surface area contributed by atoms with E-state index in [2.05, 4.69) is 0 Å². The van der Waals surface area contributed by atoms with Gasteiger partial charge >= 0.3 is 11.9 Å². The quantitative estimate of drug-likeness (QED) is 0.117. The van der Waals surface area contributed by atoms with E-state index in [4.69, 9.17) is 18.9 Å². The Kier molecular flexibility index (Phi) is 5.64. The normalized spacial score (nSPS) is 21.2. The van der Waals surface area contributed by atoms with Crippen LogP contribution < -0.4 is 18.9 Å². The molecule has 0 aromatic heterocycles. The molecule has 0 radical (unpaired) electrons. The van der Waals surface area contributed by atoms with E-state index < -0.39 is 33.6 Å². The van der Waals surface area contributed by atoms with E-state index in [0.717, 1.165) is 11.1 Å². The van der Waals surface area contributed by atoms with Gasteiger partial charge in [0, 0.05) is 48.2 Å². The summed E-state index contributed by atoms with van der Waals surface area (Å²) in [7, 11) is 0. The largest absolute Gasteiger partial charge is 0.457 e. The van der Waals surface area contributed by atoms with Gasteiger partial charge in [0.15, 0.2) is 0 Å². The molecule has 1 fully saturated rings. The summed E-state index contributed by atoms with van der Waals surface area (Å²) in [4.78, 5) is 46.9. The molecule has 4 atom stereocenters. The fourth-order valence-electron chi connectivity index (χ4n) is 5.89. The minimum Gasteiger partial charge on any atom is -0.457 e. The second-order valence-corrected chi connectivity index (χ2v) is 10.1. The Morgan fingerprint density at radius 3 is 1.24 bits per heavy atom. The second kappa shape index (κ2) is 9.41. The number of non-ortho nitro benzene ring substituents is 2. The second-order valence-electron chi connectivity index (χ2n) is 10.1. The van der Waals surface area contributed by atoms with Crippen LogP contribution >= 0.6 is 0 Å². The van der Waals surface area contributed by atoms with Crippen molar-refractivity contribution >= 4 is 23.3 Å². The van der Waals surface area contributed by atoms with Crippen molar-refractivity contribution in [2.24, 2.45) is 11.8 Å². The van der Waals surface area contributed by atoms with E-state index in [1.165, 1.54) is 48.5 Å². The lowest BCUT2D eigenvalue weighted by Gasteiger charge is -2.53. The average molecular weight is 566 g/mol. The zero-order valence-corrected chi connectivity index (χ0v) is 21.4. The summed E-state index contributed by atoms with van der Waals surface area (Å²) >= 11 is 0. The maximum Gasteiger partial charge on any atom is 0.315 e. The zero-order valence-electron chi connectivity index (χ0n) is 21.4. The molecule has 3 aliphatic rings. The van der Waals surface area contributed by atoms with E-state index in [1.807, 2.05) is 0 Å². The molecule has 0 N–H and O–H groups in total. The zero-order chi connectivity index (χ0) is 29.1. The summed E-state index contributed by atoms with van der Waals surface area (Å²) in [6.07, 6.45) is 0. The van der Waals surface area contributed by atoms with Crippen LogP contribution in [0.15, 0.2) is 84.9 Å². The van der Waals surface area contributed by atoms with Crippen molar-refractivity contribution in [3.8, 4) is 34.5 Å². The third kappa shape index (κ3) is 4.08. The van der Waals surface area contributed by atoms with Crippen LogP contribution in [0, 0.1) is 32.1 Å². The Bertz CT molecular complexity index is 1670. The van der Waals surface area contributed by atoms with Gasteiger partial charge < -0.3 is 18.9 Å². The first-order chi connectivity index (χ1) is 20.3. The Morgan fingerprint density at radius 1 is 0.524 bits per heavy atom. The number of rotatable bonds is 6. The fraction of sp³-hybridized carbons (Fsp3) is 0.133. The predicted octanol–water partition coefficient (Wildman–Crippen LogP) is 6.04. The molecule has 2 aliphatic heterocycles. The van der Waals surface area contributed by atoms with E-state index in [1.54, 1.807) is 36.4 Å². The van der Waals surface area contributed by atoms with E-state index >= 15 is 0 Å². The average Bonchev–Trinajstić information content (AvgIpc) is 2.95. The number of benzene rings is 4. The molecule has 12 heteroatoms. The van der Waals surface area contributed by atoms with Crippen LogP contribution in [0.1, 0.15) is 23.0 Å². The first-order valence-electron chi connectivity index (χ1n) is 12.8. The van der Waals surface area contributed by atoms with Crippen molar-refractivity contribution in [1.29, 1.82) is 0 Å². The van der Waals surface area contributed by atoms with Gasteiger partial charge in [-0.15, -0.1) is 0 Å². The summed E-state index contributed by atoms with van der Waals surface area (Å²) in [5.74, 6) is -0.959. The maximum atomic E-state index is 13.0. The summed E-state index contributed by atoms with van der Waals surface area (Å²) in [6.45, 7) is 0. The van der Waals surface area contributed by atoms with Crippen LogP contribution in [-0.2, 0) is 9.59 Å². The van der Waals surface area contributed by atoms with Crippen molar-refractivity contribution in [2.75, 3.05) is 0 Å². The summed E-state index contributed by atoms with van der Waals surface area (Å²) in [5.41, 5.74) is 1.37. The van der Waals surface area contributed by atoms with Crippen molar-refractivity contribution in [2.45, 2.75) is 11.8 Å². The van der Waals surface area contributed by atoms with E-state index in [0.29, 0.717) is 34.5 Å². The highest BCUT2D eigenvalue weighted by Crippen LogP contribution is 2.65. The number of carbonyl (C=O) groups excluding carboxylic acids is 2. The number of esters is 2. The number of nitrogens with zero attached hydrogens (tertiary/aromatic N) is 2. The number of hydrogen-bond acceptors (Lipinski definition) is 10. The molecule has 0 amide bonds. The van der Waals surface area contributed by atoms with Crippen LogP contribution in [-0.4, -0.2) is 21.8 Å². The lowest BCUT2D eigenvalue weighted by molar-refractivity contribution is -0.385. The van der Waals surface area contributed by atoms with Crippen LogP contribution in [0.5, 0.6) is 34.5 Å². The molecule has 208 valence electrons. The lowest BCUT2D eigenvalue weighted by Crippen LogP contribution is -2.57. The van der Waals surface area contributed by atoms with Gasteiger partial charge in [0.1, 0.15) is 34.5 Å². The van der Waals surface area contributed by atoms with Gasteiger partial charge in [-0.3, -0.25) is 29.8 Å². The van der Waals surface area contributed by atoms with Gasteiger partial charge in [-0.05, 0) is 47.5 Å². The van der Waals surface area contributed by atoms with Crippen LogP contribution in [0.2, 0.25) is 0 Å². The van der Waals surface area contributed by atoms with Gasteiger partial charge in [0.25, 0.3) is 11.4 Å². The first kappa shape index (κ1) is 25.2. The van der Waals surface area contributed by atoms with E-state index in [9.17, 15) is 29.8 Å². The monoisotopic (exact) mass is 566 g/mol. The number of hydrogen-bond donors (Lipinski definition) is 0. The molecular formula is C30H18N2O10. The molecular weight excluding hydrogens is 548 g/mol. The van der Waals surface area contributed by atoms with Gasteiger partial charge in [-0.2, -0.15) is 0 Å². The number of nitro groups is 2. The summed E-state index contributed by atoms with van der Waals surface area (Å²) in [5, 5.41) is 21.8. The highest BCUT2D eigenvalue weighted by molar-refractivity contribution is 5.92. The minimum atomic E-state index is -0.694. The third-order valence-electron chi connectivity index (χ3n) is 7.77. The predicted molar refractivity (Wildman–Crippen MR) is 143 cm³/mol. The maximum absolute atomic E-state index is 13.0. The molecule has 1 aliphatic carbocycles. The van der Waals surface area contributed by atoms with Gasteiger partial charge in [0.2, 0.25) is 0 Å². The minimum absolute atomic E-state index is 0.0661. The lowest BCUT2D eigenvalue weighted by atomic mass is 9.51. The highest BCUT2D eigenvalue weighted by atomic mass is 16.6. The molecule has 4 aromatic carbocycles. The van der Waals surface area contributed by atoms with Crippen LogP contribution in [0.25, 0.3) is 0 Å². The molecule has 0 spiro atoms. The highest BCUT2D eigenvalue weighted by Gasteiger charge is 2.64. The standard InChI is InChI=1S/C30H18N2O10/c33-29-27-25(21-11-9-19(13-23(21)41-29)39-17-5-1-15(2-6-17)31(35)36)26-22-12-10-20(14-24(22)42-30(34)28(26)27)40-18-7-3-16(4-8-18)32(37)38/h1-14,25-28H/t25-,26+,27-,28+. The first-order valence-corrected chi connectivity index (χ1v) is 12.8. The SMILES string of the molecule is O=C1Oc2cc(Oc3ccc([N+](=O)[O-])cc3)ccc2[C@@H]2[C@H]1[C@@H]1C(=O)Oc3cc(Oc4ccc([N+](=O)[O-])cc4)ccc3[C@@H]12. The summed E-state index contributed by atoms with van der Waals surface area (Å²) < 4.78 is 22.9. The third-order valence-corrected chi connectivity index (χ3v) is 7.77. The molecule has 42 heavy (non-hydrogen) atoms. The van der Waals surface area contributed by atoms with Crippen molar-refractivity contribution in [3.63, 3.8) is 0 Å².